The van der Waals surface area contributed by atoms with E-state index in [0.29, 0.717) is 22.3 Å². The van der Waals surface area contributed by atoms with Gasteiger partial charge in [0, 0.05) is 10.9 Å². The van der Waals surface area contributed by atoms with Gasteiger partial charge in [0.05, 0.1) is 16.8 Å². The van der Waals surface area contributed by atoms with Crippen LogP contribution in [0.3, 0.4) is 0 Å². The number of hydrogen-bond acceptors (Lipinski definition) is 4. The predicted molar refractivity (Wildman–Crippen MR) is 95.2 cm³/mol. The Morgan fingerprint density at radius 2 is 1.92 bits per heavy atom. The molecule has 2 aromatic carbocycles. The fraction of sp³-hybridized carbons (Fsp3) is 0.0500. The number of nitrogens with zero attached hydrogens (tertiary/aromatic N) is 2. The molecule has 0 amide bonds. The fourth-order valence-electron chi connectivity index (χ4n) is 2.49. The second-order valence-electron chi connectivity index (χ2n) is 5.23. The quantitative estimate of drug-likeness (QED) is 0.764. The number of carboxylic acid groups (broad SMARTS) is 1. The van der Waals surface area contributed by atoms with Gasteiger partial charge in [-0.05, 0) is 30.4 Å². The molecule has 0 saturated carbocycles. The highest BCUT2D eigenvalue weighted by atomic mass is 16.5. The van der Waals surface area contributed by atoms with E-state index in [1.54, 1.807) is 42.5 Å². The predicted octanol–water partition coefficient (Wildman–Crippen LogP) is 4.01. The first-order valence-corrected chi connectivity index (χ1v) is 7.59. The van der Waals surface area contributed by atoms with Crippen molar-refractivity contribution >= 4 is 29.0 Å². The maximum Gasteiger partial charge on any atom is 0.336 e. The lowest BCUT2D eigenvalue weighted by Crippen LogP contribution is -2.00. The summed E-state index contributed by atoms with van der Waals surface area (Å²) in [5.74, 6) is -0.412. The molecule has 25 heavy (non-hydrogen) atoms. The van der Waals surface area contributed by atoms with E-state index < -0.39 is 5.97 Å². The number of para-hydroxylation sites is 2. The summed E-state index contributed by atoms with van der Waals surface area (Å²) in [4.78, 5) is 16.0. The van der Waals surface area contributed by atoms with Crippen LogP contribution < -0.4 is 4.74 Å². The molecule has 0 unspecified atom stereocenters. The molecular weight excluding hydrogens is 316 g/mol. The third kappa shape index (κ3) is 3.65. The average Bonchev–Trinajstić information content (AvgIpc) is 2.64. The molecule has 0 aliphatic rings. The number of aromatic carboxylic acids is 1. The fourth-order valence-corrected chi connectivity index (χ4v) is 2.49. The van der Waals surface area contributed by atoms with Crippen LogP contribution in [0.15, 0.2) is 54.6 Å². The van der Waals surface area contributed by atoms with Crippen LogP contribution in [-0.2, 0) is 0 Å². The van der Waals surface area contributed by atoms with Crippen LogP contribution in [0.4, 0.5) is 0 Å². The summed E-state index contributed by atoms with van der Waals surface area (Å²) in [6, 6.07) is 17.9. The standard InChI is InChI=1S/C20H14N2O3/c21-11-12-25-19-8-4-1-5-14(19)9-10-15-13-17(20(23)24)16-6-2-3-7-18(16)22-15/h1-10,13H,12H2,(H,23,24)/b10-9+. The molecule has 1 N–H and O–H groups in total. The Morgan fingerprint density at radius 1 is 1.16 bits per heavy atom. The Balaban J connectivity index is 2.00. The molecule has 0 saturated heterocycles. The number of pyridine rings is 1. The summed E-state index contributed by atoms with van der Waals surface area (Å²) in [6.45, 7) is -0.0394. The van der Waals surface area contributed by atoms with Crippen LogP contribution in [-0.4, -0.2) is 22.7 Å². The zero-order valence-electron chi connectivity index (χ0n) is 13.2. The Morgan fingerprint density at radius 3 is 2.72 bits per heavy atom. The molecule has 0 aliphatic carbocycles. The van der Waals surface area contributed by atoms with Gasteiger partial charge in [-0.2, -0.15) is 5.26 Å². The highest BCUT2D eigenvalue weighted by Crippen LogP contribution is 2.22. The zero-order chi connectivity index (χ0) is 17.6. The van der Waals surface area contributed by atoms with Gasteiger partial charge in [-0.3, -0.25) is 0 Å². The van der Waals surface area contributed by atoms with Gasteiger partial charge >= 0.3 is 5.97 Å². The molecule has 1 aromatic heterocycles. The van der Waals surface area contributed by atoms with Gasteiger partial charge in [0.1, 0.15) is 11.8 Å². The summed E-state index contributed by atoms with van der Waals surface area (Å²) in [6.07, 6.45) is 3.52. The summed E-state index contributed by atoms with van der Waals surface area (Å²) in [5.41, 5.74) is 2.14. The third-order valence-electron chi connectivity index (χ3n) is 3.61. The van der Waals surface area contributed by atoms with Crippen molar-refractivity contribution in [1.82, 2.24) is 4.98 Å². The Kier molecular flexibility index (Phi) is 4.72. The van der Waals surface area contributed by atoms with Crippen molar-refractivity contribution in [2.24, 2.45) is 0 Å². The van der Waals surface area contributed by atoms with Crippen molar-refractivity contribution in [2.75, 3.05) is 6.61 Å². The first-order chi connectivity index (χ1) is 12.2. The van der Waals surface area contributed by atoms with E-state index in [1.165, 1.54) is 0 Å². The molecule has 0 bridgehead atoms. The largest absolute Gasteiger partial charge is 0.478 e. The topological polar surface area (TPSA) is 83.2 Å². The van der Waals surface area contributed by atoms with Gasteiger partial charge in [-0.1, -0.05) is 36.4 Å². The van der Waals surface area contributed by atoms with E-state index >= 15 is 0 Å². The van der Waals surface area contributed by atoms with E-state index in [1.807, 2.05) is 30.3 Å². The number of nitriles is 1. The lowest BCUT2D eigenvalue weighted by atomic mass is 10.1. The average molecular weight is 330 g/mol. The smallest absolute Gasteiger partial charge is 0.336 e. The molecule has 0 atom stereocenters. The second kappa shape index (κ2) is 7.28. The first kappa shape index (κ1) is 16.2. The Labute approximate surface area is 144 Å². The normalized spacial score (nSPS) is 10.7. The van der Waals surface area contributed by atoms with E-state index in [0.717, 1.165) is 5.56 Å². The van der Waals surface area contributed by atoms with Crippen LogP contribution >= 0.6 is 0 Å². The van der Waals surface area contributed by atoms with Gasteiger partial charge in [-0.15, -0.1) is 0 Å². The van der Waals surface area contributed by atoms with E-state index in [4.69, 9.17) is 10.00 Å². The van der Waals surface area contributed by atoms with Gasteiger partial charge in [0.25, 0.3) is 0 Å². The summed E-state index contributed by atoms with van der Waals surface area (Å²) < 4.78 is 5.38. The van der Waals surface area contributed by atoms with Crippen LogP contribution in [0.1, 0.15) is 21.6 Å². The van der Waals surface area contributed by atoms with Gasteiger partial charge < -0.3 is 9.84 Å². The summed E-state index contributed by atoms with van der Waals surface area (Å²) in [7, 11) is 0. The summed E-state index contributed by atoms with van der Waals surface area (Å²) >= 11 is 0. The van der Waals surface area contributed by atoms with Crippen molar-refractivity contribution in [2.45, 2.75) is 0 Å². The van der Waals surface area contributed by atoms with Crippen LogP contribution in [0, 0.1) is 11.3 Å². The van der Waals surface area contributed by atoms with Crippen molar-refractivity contribution in [1.29, 1.82) is 5.26 Å². The number of ether oxygens (including phenoxy) is 1. The van der Waals surface area contributed by atoms with Gasteiger partial charge in [0.15, 0.2) is 6.61 Å². The van der Waals surface area contributed by atoms with Crippen molar-refractivity contribution in [3.05, 3.63) is 71.4 Å². The number of fused-ring (bicyclic) bond motifs is 1. The molecule has 122 valence electrons. The Bertz CT molecular complexity index is 1000. The van der Waals surface area contributed by atoms with E-state index in [-0.39, 0.29) is 12.2 Å². The number of hydrogen-bond donors (Lipinski definition) is 1. The second-order valence-corrected chi connectivity index (χ2v) is 5.23. The minimum atomic E-state index is -0.994. The van der Waals surface area contributed by atoms with Crippen molar-refractivity contribution in [3.8, 4) is 11.8 Å². The summed E-state index contributed by atoms with van der Waals surface area (Å²) in [5, 5.41) is 18.7. The molecule has 1 heterocycles. The highest BCUT2D eigenvalue weighted by Gasteiger charge is 2.10. The number of rotatable bonds is 5. The number of carboxylic acids is 1. The van der Waals surface area contributed by atoms with Crippen molar-refractivity contribution in [3.63, 3.8) is 0 Å². The maximum absolute atomic E-state index is 11.5. The molecule has 3 aromatic rings. The van der Waals surface area contributed by atoms with E-state index in [2.05, 4.69) is 4.98 Å². The zero-order valence-corrected chi connectivity index (χ0v) is 13.2. The minimum Gasteiger partial charge on any atom is -0.478 e. The SMILES string of the molecule is N#CCOc1ccccc1/C=C/c1cc(C(=O)O)c2ccccc2n1. The molecule has 0 aliphatic heterocycles. The van der Waals surface area contributed by atoms with E-state index in [9.17, 15) is 9.90 Å². The third-order valence-corrected chi connectivity index (χ3v) is 3.61. The molecular formula is C20H14N2O3. The van der Waals surface area contributed by atoms with Crippen LogP contribution in [0.25, 0.3) is 23.1 Å². The molecule has 5 nitrogen and oxygen atoms in total. The van der Waals surface area contributed by atoms with Crippen LogP contribution in [0.5, 0.6) is 5.75 Å². The first-order valence-electron chi connectivity index (χ1n) is 7.59. The molecule has 0 spiro atoms. The lowest BCUT2D eigenvalue weighted by molar-refractivity contribution is 0.0699. The Hall–Kier alpha value is -3.65. The molecule has 0 radical (unpaired) electrons. The van der Waals surface area contributed by atoms with Crippen molar-refractivity contribution < 1.29 is 14.6 Å². The molecule has 0 fully saturated rings. The number of benzene rings is 2. The lowest BCUT2D eigenvalue weighted by Gasteiger charge is -2.06. The maximum atomic E-state index is 11.5. The number of aromatic nitrogens is 1. The minimum absolute atomic E-state index is 0.0394. The van der Waals surface area contributed by atoms with Gasteiger partial charge in [-0.25, -0.2) is 9.78 Å². The number of carbonyl (C=O) groups is 1. The molecule has 5 heteroatoms. The molecule has 3 rings (SSSR count). The van der Waals surface area contributed by atoms with Gasteiger partial charge in [0.2, 0.25) is 0 Å². The highest BCUT2D eigenvalue weighted by molar-refractivity contribution is 6.03. The van der Waals surface area contributed by atoms with Crippen LogP contribution in [0.2, 0.25) is 0 Å². The monoisotopic (exact) mass is 330 g/mol.